The summed E-state index contributed by atoms with van der Waals surface area (Å²) in [6, 6.07) is 6.72. The average molecular weight is 388 g/mol. The fourth-order valence-electron chi connectivity index (χ4n) is 3.71. The molecule has 0 bridgehead atoms. The van der Waals surface area contributed by atoms with Crippen molar-refractivity contribution in [3.8, 4) is 5.75 Å². The van der Waals surface area contributed by atoms with Gasteiger partial charge in [-0.3, -0.25) is 14.5 Å². The minimum Gasteiger partial charge on any atom is -0.496 e. The first kappa shape index (κ1) is 19.4. The van der Waals surface area contributed by atoms with Crippen molar-refractivity contribution in [2.75, 3.05) is 33.3 Å². The van der Waals surface area contributed by atoms with Gasteiger partial charge in [0.1, 0.15) is 11.8 Å². The maximum Gasteiger partial charge on any atom is 0.325 e. The molecule has 2 aromatic rings. The Morgan fingerprint density at radius 2 is 1.78 bits per heavy atom. The van der Waals surface area contributed by atoms with E-state index in [0.717, 1.165) is 27.3 Å². The standard InChI is InChI=1S/C20H24N2O4S/c1-13-11-15(12-14(2)18(13)26-3)17(20(24)25)21-6-8-22(9-7-21)19(23)16-5-4-10-27-16/h4-5,10-12,17H,6-9H2,1-3H3,(H,24,25). The van der Waals surface area contributed by atoms with E-state index in [1.165, 1.54) is 11.3 Å². The van der Waals surface area contributed by atoms with Crippen LogP contribution < -0.4 is 4.74 Å². The third kappa shape index (κ3) is 3.99. The summed E-state index contributed by atoms with van der Waals surface area (Å²) in [5.74, 6) is -0.0704. The molecule has 144 valence electrons. The number of aryl methyl sites for hydroxylation is 2. The topological polar surface area (TPSA) is 70.1 Å². The van der Waals surface area contributed by atoms with Gasteiger partial charge in [0.2, 0.25) is 0 Å². The molecule has 0 radical (unpaired) electrons. The summed E-state index contributed by atoms with van der Waals surface area (Å²) in [6.07, 6.45) is 0. The zero-order valence-electron chi connectivity index (χ0n) is 15.8. The quantitative estimate of drug-likeness (QED) is 0.853. The summed E-state index contributed by atoms with van der Waals surface area (Å²) in [7, 11) is 1.62. The van der Waals surface area contributed by atoms with Crippen molar-refractivity contribution in [2.24, 2.45) is 0 Å². The average Bonchev–Trinajstić information content (AvgIpc) is 3.16. The Balaban J connectivity index is 1.76. The molecule has 1 aliphatic heterocycles. The largest absolute Gasteiger partial charge is 0.496 e. The lowest BCUT2D eigenvalue weighted by Crippen LogP contribution is -2.50. The van der Waals surface area contributed by atoms with Crippen LogP contribution in [0.2, 0.25) is 0 Å². The predicted molar refractivity (Wildman–Crippen MR) is 105 cm³/mol. The summed E-state index contributed by atoms with van der Waals surface area (Å²) in [6.45, 7) is 5.94. The highest BCUT2D eigenvalue weighted by Crippen LogP contribution is 2.30. The van der Waals surface area contributed by atoms with Crippen molar-refractivity contribution in [2.45, 2.75) is 19.9 Å². The summed E-state index contributed by atoms with van der Waals surface area (Å²) in [5, 5.41) is 11.7. The molecule has 2 heterocycles. The number of carbonyl (C=O) groups is 2. The zero-order valence-corrected chi connectivity index (χ0v) is 16.6. The molecule has 1 aromatic carbocycles. The van der Waals surface area contributed by atoms with Gasteiger partial charge in [-0.05, 0) is 42.0 Å². The van der Waals surface area contributed by atoms with Gasteiger partial charge in [-0.25, -0.2) is 0 Å². The maximum absolute atomic E-state index is 12.5. The number of carbonyl (C=O) groups excluding carboxylic acids is 1. The van der Waals surface area contributed by atoms with Crippen molar-refractivity contribution in [1.82, 2.24) is 9.80 Å². The van der Waals surface area contributed by atoms with Crippen LogP contribution in [-0.2, 0) is 4.79 Å². The van der Waals surface area contributed by atoms with Crippen molar-refractivity contribution in [3.05, 3.63) is 51.2 Å². The van der Waals surface area contributed by atoms with Crippen molar-refractivity contribution < 1.29 is 19.4 Å². The monoisotopic (exact) mass is 388 g/mol. The molecule has 1 N–H and O–H groups in total. The second-order valence-corrected chi connectivity index (χ2v) is 7.68. The highest BCUT2D eigenvalue weighted by atomic mass is 32.1. The van der Waals surface area contributed by atoms with Gasteiger partial charge in [0, 0.05) is 26.2 Å². The molecule has 0 aliphatic carbocycles. The molecule has 1 fully saturated rings. The van der Waals surface area contributed by atoms with Crippen molar-refractivity contribution in [3.63, 3.8) is 0 Å². The second kappa shape index (κ2) is 8.10. The van der Waals surface area contributed by atoms with Crippen LogP contribution >= 0.6 is 11.3 Å². The third-order valence-electron chi connectivity index (χ3n) is 4.94. The molecule has 7 heteroatoms. The van der Waals surface area contributed by atoms with Gasteiger partial charge in [-0.15, -0.1) is 11.3 Å². The number of benzene rings is 1. The lowest BCUT2D eigenvalue weighted by Gasteiger charge is -2.37. The maximum atomic E-state index is 12.5. The van der Waals surface area contributed by atoms with Gasteiger partial charge in [0.15, 0.2) is 0 Å². The first-order chi connectivity index (χ1) is 12.9. The number of rotatable bonds is 5. The smallest absolute Gasteiger partial charge is 0.325 e. The summed E-state index contributed by atoms with van der Waals surface area (Å²) in [4.78, 5) is 29.0. The van der Waals surface area contributed by atoms with Crippen LogP contribution in [0.1, 0.15) is 32.4 Å². The molecule has 27 heavy (non-hydrogen) atoms. The van der Waals surface area contributed by atoms with Crippen LogP contribution in [0.25, 0.3) is 0 Å². The summed E-state index contributed by atoms with van der Waals surface area (Å²) < 4.78 is 5.39. The number of piperazine rings is 1. The van der Waals surface area contributed by atoms with Gasteiger partial charge in [0.25, 0.3) is 5.91 Å². The Labute approximate surface area is 163 Å². The van der Waals surface area contributed by atoms with Crippen LogP contribution in [0.15, 0.2) is 29.6 Å². The molecule has 6 nitrogen and oxygen atoms in total. The van der Waals surface area contributed by atoms with E-state index in [1.54, 1.807) is 12.0 Å². The van der Waals surface area contributed by atoms with Gasteiger partial charge >= 0.3 is 5.97 Å². The number of amides is 1. The Morgan fingerprint density at radius 3 is 2.26 bits per heavy atom. The van der Waals surface area contributed by atoms with E-state index >= 15 is 0 Å². The molecular weight excluding hydrogens is 364 g/mol. The fraction of sp³-hybridized carbons (Fsp3) is 0.400. The highest BCUT2D eigenvalue weighted by Gasteiger charge is 2.32. The van der Waals surface area contributed by atoms with Gasteiger partial charge < -0.3 is 14.7 Å². The number of carboxylic acids is 1. The number of methoxy groups -OCH3 is 1. The molecule has 1 unspecified atom stereocenters. The molecule has 0 spiro atoms. The second-order valence-electron chi connectivity index (χ2n) is 6.73. The number of ether oxygens (including phenoxy) is 1. The van der Waals surface area contributed by atoms with Gasteiger partial charge in [0.05, 0.1) is 12.0 Å². The minimum absolute atomic E-state index is 0.0210. The lowest BCUT2D eigenvalue weighted by atomic mass is 9.98. The Morgan fingerprint density at radius 1 is 1.15 bits per heavy atom. The van der Waals surface area contributed by atoms with E-state index in [1.807, 2.05) is 48.4 Å². The number of nitrogens with zero attached hydrogens (tertiary/aromatic N) is 2. The zero-order chi connectivity index (χ0) is 19.6. The molecule has 0 saturated carbocycles. The summed E-state index contributed by atoms with van der Waals surface area (Å²) >= 11 is 1.43. The highest BCUT2D eigenvalue weighted by molar-refractivity contribution is 7.12. The first-order valence-corrected chi connectivity index (χ1v) is 9.75. The number of hydrogen-bond donors (Lipinski definition) is 1. The summed E-state index contributed by atoms with van der Waals surface area (Å²) in [5.41, 5.74) is 2.59. The van der Waals surface area contributed by atoms with Gasteiger partial charge in [-0.2, -0.15) is 0 Å². The van der Waals surface area contributed by atoms with Crippen LogP contribution in [0, 0.1) is 13.8 Å². The van der Waals surface area contributed by atoms with Crippen LogP contribution in [0.4, 0.5) is 0 Å². The SMILES string of the molecule is COc1c(C)cc(C(C(=O)O)N2CCN(C(=O)c3cccs3)CC2)cc1C. The molecular formula is C20H24N2O4S. The first-order valence-electron chi connectivity index (χ1n) is 8.87. The minimum atomic E-state index is -0.878. The van der Waals surface area contributed by atoms with E-state index in [4.69, 9.17) is 4.74 Å². The molecule has 1 aromatic heterocycles. The Kier molecular flexibility index (Phi) is 5.82. The van der Waals surface area contributed by atoms with E-state index in [9.17, 15) is 14.7 Å². The Hall–Kier alpha value is -2.38. The Bertz CT molecular complexity index is 804. The van der Waals surface area contributed by atoms with E-state index in [0.29, 0.717) is 26.2 Å². The molecule has 1 atom stereocenters. The molecule has 1 amide bonds. The number of hydrogen-bond acceptors (Lipinski definition) is 5. The lowest BCUT2D eigenvalue weighted by molar-refractivity contribution is -0.144. The van der Waals surface area contributed by atoms with Gasteiger partial charge in [-0.1, -0.05) is 18.2 Å². The van der Waals surface area contributed by atoms with Crippen molar-refractivity contribution >= 4 is 23.2 Å². The number of carboxylic acid groups (broad SMARTS) is 1. The molecule has 1 saturated heterocycles. The van der Waals surface area contributed by atoms with E-state index < -0.39 is 12.0 Å². The van der Waals surface area contributed by atoms with E-state index in [-0.39, 0.29) is 5.91 Å². The number of aliphatic carboxylic acids is 1. The number of thiophene rings is 1. The van der Waals surface area contributed by atoms with Crippen LogP contribution in [-0.4, -0.2) is 60.1 Å². The molecule has 3 rings (SSSR count). The van der Waals surface area contributed by atoms with E-state index in [2.05, 4.69) is 0 Å². The third-order valence-corrected chi connectivity index (χ3v) is 5.79. The fourth-order valence-corrected chi connectivity index (χ4v) is 4.40. The van der Waals surface area contributed by atoms with Crippen LogP contribution in [0.3, 0.4) is 0 Å². The molecule has 1 aliphatic rings. The van der Waals surface area contributed by atoms with Crippen molar-refractivity contribution in [1.29, 1.82) is 0 Å². The normalized spacial score (nSPS) is 16.2. The van der Waals surface area contributed by atoms with Crippen LogP contribution in [0.5, 0.6) is 5.75 Å². The predicted octanol–water partition coefficient (Wildman–Crippen LogP) is 2.96.